The van der Waals surface area contributed by atoms with Crippen molar-refractivity contribution < 1.29 is 8.42 Å². The highest BCUT2D eigenvalue weighted by Gasteiger charge is 2.28. The highest BCUT2D eigenvalue weighted by molar-refractivity contribution is 7.90. The third-order valence-electron chi connectivity index (χ3n) is 2.59. The molecule has 2 rings (SSSR count). The summed E-state index contributed by atoms with van der Waals surface area (Å²) in [5.74, 6) is 0.429. The van der Waals surface area contributed by atoms with Crippen LogP contribution in [-0.2, 0) is 9.84 Å². The molecule has 0 saturated heterocycles. The normalized spacial score (nSPS) is 24.9. The molecule has 1 fully saturated rings. The van der Waals surface area contributed by atoms with E-state index in [1.807, 2.05) is 0 Å². The summed E-state index contributed by atoms with van der Waals surface area (Å²) in [4.78, 5) is 4.30. The monoisotopic (exact) mass is 260 g/mol. The van der Waals surface area contributed by atoms with Gasteiger partial charge in [0.1, 0.15) is 10.7 Å². The standard InChI is InChI=1S/C10H13ClN2O2S/c1-16(14,15)9-3-2-4-12-10(9)13-8-5-7(11)6-8/h2-4,7-8H,5-6H2,1H3,(H,12,13). The predicted molar refractivity (Wildman–Crippen MR) is 63.6 cm³/mol. The molecule has 0 bridgehead atoms. The summed E-state index contributed by atoms with van der Waals surface area (Å²) >= 11 is 5.86. The average molecular weight is 261 g/mol. The largest absolute Gasteiger partial charge is 0.366 e. The van der Waals surface area contributed by atoms with Crippen LogP contribution in [0.1, 0.15) is 12.8 Å². The summed E-state index contributed by atoms with van der Waals surface area (Å²) in [6.45, 7) is 0. The predicted octanol–water partition coefficient (Wildman–Crippen LogP) is 1.67. The molecular formula is C10H13ClN2O2S. The molecule has 0 atom stereocenters. The average Bonchev–Trinajstić information content (AvgIpc) is 2.14. The van der Waals surface area contributed by atoms with E-state index in [1.165, 1.54) is 6.26 Å². The lowest BCUT2D eigenvalue weighted by molar-refractivity contribution is 0.452. The molecule has 1 heterocycles. The maximum absolute atomic E-state index is 11.5. The summed E-state index contributed by atoms with van der Waals surface area (Å²) in [6.07, 6.45) is 4.46. The molecule has 0 aromatic carbocycles. The third kappa shape index (κ3) is 2.47. The number of pyridine rings is 1. The van der Waals surface area contributed by atoms with Crippen molar-refractivity contribution in [3.8, 4) is 0 Å². The van der Waals surface area contributed by atoms with Gasteiger partial charge in [-0.05, 0) is 25.0 Å². The Labute approximate surface area is 99.9 Å². The van der Waals surface area contributed by atoms with E-state index in [2.05, 4.69) is 10.3 Å². The minimum Gasteiger partial charge on any atom is -0.366 e. The van der Waals surface area contributed by atoms with Crippen LogP contribution < -0.4 is 5.32 Å². The number of nitrogens with one attached hydrogen (secondary N) is 1. The van der Waals surface area contributed by atoms with E-state index >= 15 is 0 Å². The van der Waals surface area contributed by atoms with Crippen molar-refractivity contribution in [2.75, 3.05) is 11.6 Å². The molecule has 1 saturated carbocycles. The number of sulfone groups is 1. The molecule has 0 radical (unpaired) electrons. The Bertz CT molecular complexity index is 483. The van der Waals surface area contributed by atoms with Crippen LogP contribution in [0, 0.1) is 0 Å². The van der Waals surface area contributed by atoms with Crippen LogP contribution in [0.5, 0.6) is 0 Å². The van der Waals surface area contributed by atoms with Crippen LogP contribution >= 0.6 is 11.6 Å². The van der Waals surface area contributed by atoms with E-state index in [1.54, 1.807) is 18.3 Å². The third-order valence-corrected chi connectivity index (χ3v) is 4.08. The second-order valence-electron chi connectivity index (χ2n) is 4.03. The number of hydrogen-bond acceptors (Lipinski definition) is 4. The lowest BCUT2D eigenvalue weighted by Gasteiger charge is -2.32. The van der Waals surface area contributed by atoms with Gasteiger partial charge in [-0.15, -0.1) is 11.6 Å². The minimum absolute atomic E-state index is 0.197. The van der Waals surface area contributed by atoms with Crippen molar-refractivity contribution in [1.29, 1.82) is 0 Å². The number of hydrogen-bond donors (Lipinski definition) is 1. The van der Waals surface area contributed by atoms with Gasteiger partial charge in [-0.3, -0.25) is 0 Å². The molecule has 0 unspecified atom stereocenters. The molecule has 88 valence electrons. The first-order valence-electron chi connectivity index (χ1n) is 5.02. The lowest BCUT2D eigenvalue weighted by atomic mass is 9.92. The van der Waals surface area contributed by atoms with Gasteiger partial charge >= 0.3 is 0 Å². The van der Waals surface area contributed by atoms with Crippen LogP contribution in [0.25, 0.3) is 0 Å². The van der Waals surface area contributed by atoms with E-state index in [-0.39, 0.29) is 16.3 Å². The summed E-state index contributed by atoms with van der Waals surface area (Å²) in [5, 5.41) is 3.31. The SMILES string of the molecule is CS(=O)(=O)c1cccnc1NC1CC(Cl)C1. The quantitative estimate of drug-likeness (QED) is 0.840. The van der Waals surface area contributed by atoms with Crippen molar-refractivity contribution in [2.24, 2.45) is 0 Å². The number of nitrogens with zero attached hydrogens (tertiary/aromatic N) is 1. The van der Waals surface area contributed by atoms with Gasteiger partial charge in [0.2, 0.25) is 0 Å². The molecule has 0 amide bonds. The molecule has 1 aromatic rings. The number of halogens is 1. The van der Waals surface area contributed by atoms with Gasteiger partial charge in [0.25, 0.3) is 0 Å². The highest BCUT2D eigenvalue weighted by Crippen LogP contribution is 2.29. The van der Waals surface area contributed by atoms with Gasteiger partial charge in [-0.1, -0.05) is 0 Å². The zero-order valence-corrected chi connectivity index (χ0v) is 10.4. The Balaban J connectivity index is 2.21. The maximum Gasteiger partial charge on any atom is 0.179 e. The minimum atomic E-state index is -3.23. The van der Waals surface area contributed by atoms with E-state index in [0.29, 0.717) is 5.82 Å². The van der Waals surface area contributed by atoms with Gasteiger partial charge < -0.3 is 5.32 Å². The van der Waals surface area contributed by atoms with Crippen molar-refractivity contribution in [3.63, 3.8) is 0 Å². The molecule has 16 heavy (non-hydrogen) atoms. The number of alkyl halides is 1. The summed E-state index contributed by atoms with van der Waals surface area (Å²) in [6, 6.07) is 3.41. The van der Waals surface area contributed by atoms with Crippen LogP contribution in [0.3, 0.4) is 0 Å². The molecular weight excluding hydrogens is 248 g/mol. The molecule has 4 nitrogen and oxygen atoms in total. The highest BCUT2D eigenvalue weighted by atomic mass is 35.5. The van der Waals surface area contributed by atoms with Crippen LogP contribution in [0.15, 0.2) is 23.2 Å². The Morgan fingerprint density at radius 3 is 2.75 bits per heavy atom. The first kappa shape index (κ1) is 11.7. The van der Waals surface area contributed by atoms with E-state index in [0.717, 1.165) is 12.8 Å². The topological polar surface area (TPSA) is 59.1 Å². The molecule has 1 N–H and O–H groups in total. The second kappa shape index (κ2) is 4.22. The zero-order chi connectivity index (χ0) is 11.8. The zero-order valence-electron chi connectivity index (χ0n) is 8.85. The molecule has 1 aliphatic carbocycles. The number of rotatable bonds is 3. The van der Waals surface area contributed by atoms with Crippen LogP contribution in [-0.4, -0.2) is 31.1 Å². The van der Waals surface area contributed by atoms with E-state index in [4.69, 9.17) is 11.6 Å². The van der Waals surface area contributed by atoms with Crippen molar-refractivity contribution in [1.82, 2.24) is 4.98 Å². The summed E-state index contributed by atoms with van der Waals surface area (Å²) in [5.41, 5.74) is 0. The Morgan fingerprint density at radius 2 is 2.19 bits per heavy atom. The molecule has 1 aromatic heterocycles. The van der Waals surface area contributed by atoms with Gasteiger partial charge in [-0.25, -0.2) is 13.4 Å². The van der Waals surface area contributed by atoms with Gasteiger partial charge in [0, 0.05) is 23.9 Å². The number of aromatic nitrogens is 1. The Morgan fingerprint density at radius 1 is 1.50 bits per heavy atom. The smallest absolute Gasteiger partial charge is 0.179 e. The first-order valence-corrected chi connectivity index (χ1v) is 7.35. The van der Waals surface area contributed by atoms with Crippen LogP contribution in [0.4, 0.5) is 5.82 Å². The lowest BCUT2D eigenvalue weighted by Crippen LogP contribution is -2.36. The van der Waals surface area contributed by atoms with E-state index in [9.17, 15) is 8.42 Å². The van der Waals surface area contributed by atoms with Crippen molar-refractivity contribution >= 4 is 27.3 Å². The summed E-state index contributed by atoms with van der Waals surface area (Å²) < 4.78 is 23.0. The molecule has 0 aliphatic heterocycles. The van der Waals surface area contributed by atoms with E-state index < -0.39 is 9.84 Å². The van der Waals surface area contributed by atoms with Gasteiger partial charge in [0.15, 0.2) is 9.84 Å². The fourth-order valence-corrected chi connectivity index (χ4v) is 2.88. The van der Waals surface area contributed by atoms with Gasteiger partial charge in [0.05, 0.1) is 0 Å². The van der Waals surface area contributed by atoms with Crippen molar-refractivity contribution in [2.45, 2.75) is 29.2 Å². The Hall–Kier alpha value is -0.810. The maximum atomic E-state index is 11.5. The van der Waals surface area contributed by atoms with Crippen molar-refractivity contribution in [3.05, 3.63) is 18.3 Å². The van der Waals surface area contributed by atoms with Gasteiger partial charge in [-0.2, -0.15) is 0 Å². The fraction of sp³-hybridized carbons (Fsp3) is 0.500. The van der Waals surface area contributed by atoms with Crippen LogP contribution in [0.2, 0.25) is 0 Å². The summed E-state index contributed by atoms with van der Waals surface area (Å²) in [7, 11) is -3.23. The molecule has 6 heteroatoms. The molecule has 0 spiro atoms. The number of anilines is 1. The fourth-order valence-electron chi connectivity index (χ4n) is 1.66. The first-order chi connectivity index (χ1) is 7.47. The second-order valence-corrected chi connectivity index (χ2v) is 6.63. The Kier molecular flexibility index (Phi) is 3.08. The molecule has 1 aliphatic rings.